The van der Waals surface area contributed by atoms with E-state index in [1.165, 1.54) is 25.8 Å². The van der Waals surface area contributed by atoms with Crippen LogP contribution in [0.4, 0.5) is 0 Å². The highest BCUT2D eigenvalue weighted by Crippen LogP contribution is 2.17. The van der Waals surface area contributed by atoms with Gasteiger partial charge in [-0.1, -0.05) is 38.0 Å². The number of aromatic amines is 1. The standard InChI is InChI=1S/C18H25N3O/c1-2-3-6-9-20-10-12-21(13-11-20)18(22)17-14-15-7-4-5-8-16(15)19-17/h4-5,7-8,14,19H,2-3,6,9-13H2,1H3. The van der Waals surface area contributed by atoms with E-state index in [9.17, 15) is 4.79 Å². The van der Waals surface area contributed by atoms with Crippen molar-refractivity contribution in [2.45, 2.75) is 26.2 Å². The second-order valence-corrected chi connectivity index (χ2v) is 6.11. The SMILES string of the molecule is CCCCCN1CCN(C(=O)c2cc3ccccc3[nH]2)CC1. The summed E-state index contributed by atoms with van der Waals surface area (Å²) in [5, 5.41) is 1.10. The van der Waals surface area contributed by atoms with E-state index in [2.05, 4.69) is 16.8 Å². The number of para-hydroxylation sites is 1. The second kappa shape index (κ2) is 6.97. The van der Waals surface area contributed by atoms with Gasteiger partial charge >= 0.3 is 0 Å². The Morgan fingerprint density at radius 2 is 1.91 bits per heavy atom. The summed E-state index contributed by atoms with van der Waals surface area (Å²) in [5.74, 6) is 0.129. The third-order valence-corrected chi connectivity index (χ3v) is 4.50. The van der Waals surface area contributed by atoms with Crippen molar-refractivity contribution in [2.24, 2.45) is 0 Å². The van der Waals surface area contributed by atoms with Crippen LogP contribution < -0.4 is 0 Å². The second-order valence-electron chi connectivity index (χ2n) is 6.11. The Balaban J connectivity index is 1.57. The number of nitrogens with one attached hydrogen (secondary N) is 1. The molecule has 0 saturated carbocycles. The third-order valence-electron chi connectivity index (χ3n) is 4.50. The monoisotopic (exact) mass is 299 g/mol. The fourth-order valence-electron chi connectivity index (χ4n) is 3.12. The fraction of sp³-hybridized carbons (Fsp3) is 0.500. The molecular weight excluding hydrogens is 274 g/mol. The minimum atomic E-state index is 0.129. The molecule has 1 aromatic carbocycles. The summed E-state index contributed by atoms with van der Waals surface area (Å²) in [4.78, 5) is 20.3. The molecule has 22 heavy (non-hydrogen) atoms. The molecule has 2 heterocycles. The molecule has 0 spiro atoms. The Labute approximate surface area is 132 Å². The number of aromatic nitrogens is 1. The number of nitrogens with zero attached hydrogens (tertiary/aromatic N) is 2. The summed E-state index contributed by atoms with van der Waals surface area (Å²) in [6.07, 6.45) is 3.83. The lowest BCUT2D eigenvalue weighted by Crippen LogP contribution is -2.48. The number of H-pyrrole nitrogens is 1. The van der Waals surface area contributed by atoms with E-state index in [0.717, 1.165) is 37.1 Å². The molecule has 0 radical (unpaired) electrons. The molecule has 1 fully saturated rings. The van der Waals surface area contributed by atoms with E-state index < -0.39 is 0 Å². The summed E-state index contributed by atoms with van der Waals surface area (Å²) >= 11 is 0. The topological polar surface area (TPSA) is 39.3 Å². The van der Waals surface area contributed by atoms with Gasteiger partial charge < -0.3 is 9.88 Å². The first-order chi connectivity index (χ1) is 10.8. The van der Waals surface area contributed by atoms with E-state index in [-0.39, 0.29) is 5.91 Å². The molecule has 0 unspecified atom stereocenters. The lowest BCUT2D eigenvalue weighted by molar-refractivity contribution is 0.0630. The van der Waals surface area contributed by atoms with Gasteiger partial charge in [0.1, 0.15) is 5.69 Å². The normalized spacial score (nSPS) is 16.3. The molecule has 4 heteroatoms. The lowest BCUT2D eigenvalue weighted by Gasteiger charge is -2.34. The van der Waals surface area contributed by atoms with Crippen molar-refractivity contribution in [1.29, 1.82) is 0 Å². The van der Waals surface area contributed by atoms with Crippen LogP contribution >= 0.6 is 0 Å². The smallest absolute Gasteiger partial charge is 0.270 e. The molecular formula is C18H25N3O. The molecule has 1 saturated heterocycles. The molecule has 1 N–H and O–H groups in total. The van der Waals surface area contributed by atoms with Crippen LogP contribution in [0.25, 0.3) is 10.9 Å². The molecule has 0 bridgehead atoms. The van der Waals surface area contributed by atoms with Crippen molar-refractivity contribution < 1.29 is 4.79 Å². The molecule has 4 nitrogen and oxygen atoms in total. The number of hydrogen-bond donors (Lipinski definition) is 1. The molecule has 0 atom stereocenters. The van der Waals surface area contributed by atoms with E-state index in [0.29, 0.717) is 5.69 Å². The van der Waals surface area contributed by atoms with Gasteiger partial charge in [-0.2, -0.15) is 0 Å². The van der Waals surface area contributed by atoms with Gasteiger partial charge in [-0.25, -0.2) is 0 Å². The summed E-state index contributed by atoms with van der Waals surface area (Å²) in [6.45, 7) is 7.06. The minimum absolute atomic E-state index is 0.129. The number of fused-ring (bicyclic) bond motifs is 1. The van der Waals surface area contributed by atoms with E-state index >= 15 is 0 Å². The summed E-state index contributed by atoms with van der Waals surface area (Å²) in [5.41, 5.74) is 1.74. The predicted octanol–water partition coefficient (Wildman–Crippen LogP) is 3.12. The van der Waals surface area contributed by atoms with Crippen LogP contribution in [0.3, 0.4) is 0 Å². The van der Waals surface area contributed by atoms with Crippen LogP contribution in [0.1, 0.15) is 36.7 Å². The highest BCUT2D eigenvalue weighted by Gasteiger charge is 2.22. The highest BCUT2D eigenvalue weighted by molar-refractivity contribution is 5.98. The summed E-state index contributed by atoms with van der Waals surface area (Å²) < 4.78 is 0. The van der Waals surface area contributed by atoms with Gasteiger partial charge in [-0.3, -0.25) is 9.69 Å². The van der Waals surface area contributed by atoms with Crippen molar-refractivity contribution in [3.05, 3.63) is 36.0 Å². The molecule has 118 valence electrons. The average Bonchev–Trinajstić information content (AvgIpc) is 2.99. The largest absolute Gasteiger partial charge is 0.351 e. The van der Waals surface area contributed by atoms with E-state index in [1.807, 2.05) is 35.2 Å². The third kappa shape index (κ3) is 3.33. The van der Waals surface area contributed by atoms with Crippen molar-refractivity contribution in [3.8, 4) is 0 Å². The molecule has 1 aromatic heterocycles. The molecule has 3 rings (SSSR count). The van der Waals surface area contributed by atoms with Crippen LogP contribution in [0, 0.1) is 0 Å². The van der Waals surface area contributed by atoms with Crippen molar-refractivity contribution in [1.82, 2.24) is 14.8 Å². The Morgan fingerprint density at radius 1 is 1.14 bits per heavy atom. The van der Waals surface area contributed by atoms with E-state index in [1.54, 1.807) is 0 Å². The van der Waals surface area contributed by atoms with Crippen molar-refractivity contribution >= 4 is 16.8 Å². The summed E-state index contributed by atoms with van der Waals surface area (Å²) in [6, 6.07) is 10.00. The zero-order valence-electron chi connectivity index (χ0n) is 13.3. The van der Waals surface area contributed by atoms with Gasteiger partial charge in [0.25, 0.3) is 5.91 Å². The van der Waals surface area contributed by atoms with Crippen LogP contribution in [0.2, 0.25) is 0 Å². The van der Waals surface area contributed by atoms with Crippen molar-refractivity contribution in [3.63, 3.8) is 0 Å². The first kappa shape index (κ1) is 15.1. The number of benzene rings is 1. The first-order valence-electron chi connectivity index (χ1n) is 8.37. The maximum absolute atomic E-state index is 12.6. The zero-order valence-corrected chi connectivity index (χ0v) is 13.3. The lowest BCUT2D eigenvalue weighted by atomic mass is 10.2. The Hall–Kier alpha value is -1.81. The minimum Gasteiger partial charge on any atom is -0.351 e. The number of amides is 1. The number of rotatable bonds is 5. The Morgan fingerprint density at radius 3 is 2.64 bits per heavy atom. The molecule has 1 aliphatic heterocycles. The molecule has 0 aliphatic carbocycles. The van der Waals surface area contributed by atoms with Gasteiger partial charge in [-0.15, -0.1) is 0 Å². The van der Waals surface area contributed by atoms with Gasteiger partial charge in [0.2, 0.25) is 0 Å². The summed E-state index contributed by atoms with van der Waals surface area (Å²) in [7, 11) is 0. The van der Waals surface area contributed by atoms with Gasteiger partial charge in [0.15, 0.2) is 0 Å². The predicted molar refractivity (Wildman–Crippen MR) is 90.2 cm³/mol. The first-order valence-corrected chi connectivity index (χ1v) is 8.37. The van der Waals surface area contributed by atoms with Crippen molar-refractivity contribution in [2.75, 3.05) is 32.7 Å². The maximum atomic E-state index is 12.6. The van der Waals surface area contributed by atoms with Gasteiger partial charge in [-0.05, 0) is 25.1 Å². The van der Waals surface area contributed by atoms with Crippen LogP contribution in [0.15, 0.2) is 30.3 Å². The number of piperazine rings is 1. The highest BCUT2D eigenvalue weighted by atomic mass is 16.2. The Bertz CT molecular complexity index is 593. The zero-order chi connectivity index (χ0) is 15.4. The van der Waals surface area contributed by atoms with Gasteiger partial charge in [0.05, 0.1) is 0 Å². The number of carbonyl (C=O) groups excluding carboxylic acids is 1. The molecule has 1 aliphatic rings. The van der Waals surface area contributed by atoms with E-state index in [4.69, 9.17) is 0 Å². The average molecular weight is 299 g/mol. The number of carbonyl (C=O) groups is 1. The number of unbranched alkanes of at least 4 members (excludes halogenated alkanes) is 2. The van der Waals surface area contributed by atoms with Gasteiger partial charge in [0, 0.05) is 37.1 Å². The molecule has 2 aromatic rings. The van der Waals surface area contributed by atoms with Crippen LogP contribution in [0.5, 0.6) is 0 Å². The fourth-order valence-corrected chi connectivity index (χ4v) is 3.12. The maximum Gasteiger partial charge on any atom is 0.270 e. The van der Waals surface area contributed by atoms with Crippen LogP contribution in [-0.2, 0) is 0 Å². The quantitative estimate of drug-likeness (QED) is 0.862. The van der Waals surface area contributed by atoms with Crippen LogP contribution in [-0.4, -0.2) is 53.4 Å². The Kier molecular flexibility index (Phi) is 4.78. The molecule has 1 amide bonds. The number of hydrogen-bond acceptors (Lipinski definition) is 2.